The Morgan fingerprint density at radius 1 is 1.15 bits per heavy atom. The number of imidazole rings is 1. The van der Waals surface area contributed by atoms with Gasteiger partial charge in [0.15, 0.2) is 28.4 Å². The lowest BCUT2D eigenvalue weighted by Gasteiger charge is -2.19. The summed E-state index contributed by atoms with van der Waals surface area (Å²) in [4.78, 5) is 47.6. The van der Waals surface area contributed by atoms with Crippen LogP contribution in [0.5, 0.6) is 0 Å². The zero-order valence-electron chi connectivity index (χ0n) is 16.2. The summed E-state index contributed by atoms with van der Waals surface area (Å²) in [6, 6.07) is 0. The molecular weight excluding hydrogens is 549 g/mol. The van der Waals surface area contributed by atoms with Gasteiger partial charge in [0.2, 0.25) is 0 Å². The molecule has 6 atom stereocenters. The molecule has 0 spiro atoms. The molecule has 0 aliphatic carbocycles. The molecule has 0 radical (unpaired) electrons. The van der Waals surface area contributed by atoms with Crippen molar-refractivity contribution in [3.63, 3.8) is 0 Å². The van der Waals surface area contributed by atoms with Gasteiger partial charge in [-0.2, -0.15) is 13.9 Å². The molecule has 0 aromatic carbocycles. The first-order valence-corrected chi connectivity index (χ1v) is 13.8. The molecule has 2 unspecified atom stereocenters. The maximum Gasteiger partial charge on any atom is 0.490 e. The van der Waals surface area contributed by atoms with E-state index in [1.54, 1.807) is 5.40 Å². The lowest BCUT2D eigenvalue weighted by molar-refractivity contribution is -0.0540. The Balaban J connectivity index is 1.79. The highest BCUT2D eigenvalue weighted by atomic mass is 32.2. The van der Waals surface area contributed by atoms with Gasteiger partial charge >= 0.3 is 23.5 Å². The Bertz CT molecular complexity index is 1260. The van der Waals surface area contributed by atoms with Crippen LogP contribution in [0, 0.1) is 10.7 Å². The number of ether oxygens (including phenoxy) is 1. The van der Waals surface area contributed by atoms with Crippen molar-refractivity contribution in [3.05, 3.63) is 6.33 Å². The zero-order chi connectivity index (χ0) is 25.5. The van der Waals surface area contributed by atoms with E-state index >= 15 is 0 Å². The quantitative estimate of drug-likeness (QED) is 0.108. The number of aromatic nitrogens is 4. The number of thiocyanates is 1. The topological polar surface area (TPSA) is 303 Å². The van der Waals surface area contributed by atoms with Crippen molar-refractivity contribution in [2.24, 2.45) is 0 Å². The molecular formula is C11H15N6O13P3S. The monoisotopic (exact) mass is 564 g/mol. The van der Waals surface area contributed by atoms with Crippen LogP contribution < -0.4 is 5.73 Å². The number of fused-ring (bicyclic) bond motifs is 1. The number of hydrogen-bond acceptors (Lipinski definition) is 15. The number of phosphoric acid groups is 3. The highest BCUT2D eigenvalue weighted by molar-refractivity contribution is 8.03. The third kappa shape index (κ3) is 6.18. The summed E-state index contributed by atoms with van der Waals surface area (Å²) in [5, 5.41) is 31.5. The summed E-state index contributed by atoms with van der Waals surface area (Å²) >= 11 is 0.545. The van der Waals surface area contributed by atoms with Crippen LogP contribution in [0.15, 0.2) is 11.5 Å². The normalized spacial score (nSPS) is 26.7. The number of nitriles is 1. The molecule has 1 fully saturated rings. The van der Waals surface area contributed by atoms with E-state index in [2.05, 4.69) is 28.1 Å². The maximum absolute atomic E-state index is 11.9. The predicted molar refractivity (Wildman–Crippen MR) is 107 cm³/mol. The molecule has 2 aromatic heterocycles. The van der Waals surface area contributed by atoms with Gasteiger partial charge in [-0.05, 0) is 0 Å². The van der Waals surface area contributed by atoms with E-state index in [4.69, 9.17) is 30.4 Å². The number of anilines is 1. The third-order valence-corrected chi connectivity index (χ3v) is 8.38. The average Bonchev–Trinajstić information content (AvgIpc) is 3.16. The molecule has 1 aliphatic heterocycles. The fourth-order valence-corrected chi connectivity index (χ4v) is 6.34. The molecule has 1 saturated heterocycles. The number of phosphoric ester groups is 1. The van der Waals surface area contributed by atoms with E-state index in [1.165, 1.54) is 0 Å². The molecule has 0 saturated carbocycles. The second kappa shape index (κ2) is 9.85. The van der Waals surface area contributed by atoms with Gasteiger partial charge in [0, 0.05) is 11.8 Å². The Morgan fingerprint density at radius 2 is 1.82 bits per heavy atom. The van der Waals surface area contributed by atoms with Crippen molar-refractivity contribution in [1.82, 2.24) is 19.5 Å². The molecule has 3 heterocycles. The second-order valence-electron chi connectivity index (χ2n) is 6.32. The van der Waals surface area contributed by atoms with Gasteiger partial charge in [0.05, 0.1) is 6.61 Å². The van der Waals surface area contributed by atoms with E-state index in [1.807, 2.05) is 0 Å². The number of aliphatic hydroxyl groups is 2. The lowest BCUT2D eigenvalue weighted by Crippen LogP contribution is -2.33. The van der Waals surface area contributed by atoms with E-state index in [-0.39, 0.29) is 22.1 Å². The molecule has 1 aliphatic rings. The SMILES string of the molecule is N#CSc1nc2c(N)ncnc2n1[C@@H]1O[C@H](COP(=O)(O)OP(=O)(O)OP(=O)(O)O)[C@@H](O)[C@H]1O. The summed E-state index contributed by atoms with van der Waals surface area (Å²) in [6.45, 7) is -1.02. The number of rotatable bonds is 9. The number of nitrogens with zero attached hydrogens (tertiary/aromatic N) is 5. The Morgan fingerprint density at radius 3 is 2.44 bits per heavy atom. The Hall–Kier alpha value is -1.52. The highest BCUT2D eigenvalue weighted by Crippen LogP contribution is 2.66. The molecule has 19 nitrogen and oxygen atoms in total. The van der Waals surface area contributed by atoms with Gasteiger partial charge in [-0.1, -0.05) is 0 Å². The van der Waals surface area contributed by atoms with Crippen LogP contribution in [-0.2, 0) is 31.6 Å². The molecule has 34 heavy (non-hydrogen) atoms. The van der Waals surface area contributed by atoms with E-state index in [0.29, 0.717) is 11.8 Å². The van der Waals surface area contributed by atoms with Crippen LogP contribution in [0.3, 0.4) is 0 Å². The van der Waals surface area contributed by atoms with Gasteiger partial charge in [0.1, 0.15) is 30.0 Å². The van der Waals surface area contributed by atoms with Gasteiger partial charge in [-0.3, -0.25) is 9.09 Å². The average molecular weight is 564 g/mol. The fourth-order valence-electron chi connectivity index (χ4n) is 2.80. The van der Waals surface area contributed by atoms with Crippen molar-refractivity contribution in [1.29, 1.82) is 5.26 Å². The molecule has 23 heteroatoms. The Kier molecular flexibility index (Phi) is 7.85. The van der Waals surface area contributed by atoms with Gasteiger partial charge in [0.25, 0.3) is 0 Å². The predicted octanol–water partition coefficient (Wildman–Crippen LogP) is -1.06. The molecule has 188 valence electrons. The summed E-state index contributed by atoms with van der Waals surface area (Å²) < 4.78 is 52.1. The minimum Gasteiger partial charge on any atom is -0.387 e. The first kappa shape index (κ1) is 27.1. The maximum atomic E-state index is 11.9. The first-order chi connectivity index (χ1) is 15.6. The largest absolute Gasteiger partial charge is 0.490 e. The number of aliphatic hydroxyl groups excluding tert-OH is 2. The second-order valence-corrected chi connectivity index (χ2v) is 11.5. The van der Waals surface area contributed by atoms with Gasteiger partial charge in [-0.15, -0.1) is 0 Å². The fraction of sp³-hybridized carbons (Fsp3) is 0.455. The van der Waals surface area contributed by atoms with Crippen molar-refractivity contribution < 1.29 is 61.4 Å². The minimum absolute atomic E-state index is 0.0232. The number of nitrogens with two attached hydrogens (primary N) is 1. The third-order valence-electron chi connectivity index (χ3n) is 4.02. The minimum atomic E-state index is -5.75. The highest BCUT2D eigenvalue weighted by Gasteiger charge is 2.47. The molecule has 8 N–H and O–H groups in total. The number of thioether (sulfide) groups is 1. The Labute approximate surface area is 192 Å². The summed E-state index contributed by atoms with van der Waals surface area (Å²) in [6.07, 6.45) is -5.43. The summed E-state index contributed by atoms with van der Waals surface area (Å²) in [7, 11) is -16.8. The van der Waals surface area contributed by atoms with Gasteiger partial charge in [-0.25, -0.2) is 28.6 Å². The van der Waals surface area contributed by atoms with Crippen LogP contribution in [0.2, 0.25) is 0 Å². The van der Waals surface area contributed by atoms with Crippen molar-refractivity contribution >= 4 is 52.2 Å². The van der Waals surface area contributed by atoms with Crippen LogP contribution in [0.25, 0.3) is 11.2 Å². The van der Waals surface area contributed by atoms with Crippen LogP contribution in [0.4, 0.5) is 5.82 Å². The summed E-state index contributed by atoms with van der Waals surface area (Å²) in [5.74, 6) is -0.0548. The molecule has 2 aromatic rings. The standard InChI is InChI=1S/C11H15N6O13P3S/c12-2-34-11-16-5-8(13)14-3-15-9(5)17(11)10-7(19)6(18)4(28-10)1-27-32(23,24)30-33(25,26)29-31(20,21)22/h3-4,6-7,10,18-19H,1H2,(H,23,24)(H,25,26)(H2,13,14,15)(H2,20,21,22)/t4-,6-,7-,10-/m1/s1. The lowest BCUT2D eigenvalue weighted by atomic mass is 10.1. The van der Waals surface area contributed by atoms with Crippen molar-refractivity contribution in [2.45, 2.75) is 29.7 Å². The number of nitrogen functional groups attached to an aromatic ring is 1. The van der Waals surface area contributed by atoms with E-state index < -0.39 is 54.6 Å². The van der Waals surface area contributed by atoms with E-state index in [0.717, 1.165) is 10.9 Å². The molecule has 3 rings (SSSR count). The van der Waals surface area contributed by atoms with Crippen LogP contribution >= 0.6 is 35.2 Å². The van der Waals surface area contributed by atoms with Crippen LogP contribution in [0.1, 0.15) is 6.23 Å². The number of hydrogen-bond donors (Lipinski definition) is 7. The molecule has 0 bridgehead atoms. The van der Waals surface area contributed by atoms with Crippen LogP contribution in [-0.4, -0.2) is 74.2 Å². The summed E-state index contributed by atoms with van der Waals surface area (Å²) in [5.41, 5.74) is 5.82. The van der Waals surface area contributed by atoms with Crippen molar-refractivity contribution in [3.8, 4) is 5.40 Å². The van der Waals surface area contributed by atoms with E-state index in [9.17, 15) is 28.8 Å². The molecule has 0 amide bonds. The van der Waals surface area contributed by atoms with Gasteiger partial charge < -0.3 is 40.3 Å². The van der Waals surface area contributed by atoms with Crippen molar-refractivity contribution in [2.75, 3.05) is 12.3 Å². The zero-order valence-corrected chi connectivity index (χ0v) is 19.7. The smallest absolute Gasteiger partial charge is 0.387 e. The first-order valence-electron chi connectivity index (χ1n) is 8.48.